The number of rotatable bonds is 2. The average molecular weight is 150 g/mol. The lowest BCUT2D eigenvalue weighted by molar-refractivity contribution is 1.05. The fraction of sp³-hybridized carbons (Fsp3) is 0. The van der Waals surface area contributed by atoms with Crippen LogP contribution < -0.4 is 17.0 Å². The van der Waals surface area contributed by atoms with Gasteiger partial charge in [0.25, 0.3) is 0 Å². The van der Waals surface area contributed by atoms with Crippen LogP contribution in [0.3, 0.4) is 0 Å². The molecule has 0 rings (SSSR count). The molecule has 0 atom stereocenters. The lowest BCUT2D eigenvalue weighted by atomic mass is 10.4. The van der Waals surface area contributed by atoms with Crippen molar-refractivity contribution in [2.24, 2.45) is 16.6 Å². The molecule has 56 valence electrons. The first-order valence-corrected chi connectivity index (χ1v) is 2.55. The van der Waals surface area contributed by atoms with E-state index in [0.29, 0.717) is 0 Å². The quantitative estimate of drug-likeness (QED) is 0.148. The molecule has 0 amide bonds. The Morgan fingerprint density at radius 1 is 1.45 bits per heavy atom. The number of allylic oxidation sites excluding steroid dienone is 2. The normalized spacial score (nSPS) is 11.5. The molecule has 0 radical (unpaired) electrons. The van der Waals surface area contributed by atoms with E-state index in [4.69, 9.17) is 22.1 Å². The zero-order valence-corrected chi connectivity index (χ0v) is 5.57. The van der Waals surface area contributed by atoms with Crippen molar-refractivity contribution in [3.63, 3.8) is 0 Å². The third-order valence-electron chi connectivity index (χ3n) is 0.750. The SMILES string of the molecule is N#CC(N)=C(C#N)N=CNN. The summed E-state index contributed by atoms with van der Waals surface area (Å²) in [7, 11) is 0. The molecule has 0 aromatic carbocycles. The van der Waals surface area contributed by atoms with Crippen LogP contribution in [0.4, 0.5) is 0 Å². The Morgan fingerprint density at radius 3 is 2.45 bits per heavy atom. The van der Waals surface area contributed by atoms with Gasteiger partial charge >= 0.3 is 0 Å². The van der Waals surface area contributed by atoms with Crippen molar-refractivity contribution >= 4 is 6.34 Å². The van der Waals surface area contributed by atoms with Gasteiger partial charge in [-0.1, -0.05) is 0 Å². The second-order valence-electron chi connectivity index (χ2n) is 1.41. The number of hydrogen-bond acceptors (Lipinski definition) is 5. The summed E-state index contributed by atoms with van der Waals surface area (Å²) in [5, 5.41) is 16.6. The lowest BCUT2D eigenvalue weighted by Crippen LogP contribution is -2.19. The molecule has 0 aliphatic rings. The van der Waals surface area contributed by atoms with Gasteiger partial charge in [-0.2, -0.15) is 10.5 Å². The largest absolute Gasteiger partial charge is 0.388 e. The third-order valence-corrected chi connectivity index (χ3v) is 0.750. The van der Waals surface area contributed by atoms with E-state index in [0.717, 1.165) is 6.34 Å². The van der Waals surface area contributed by atoms with E-state index in [1.54, 1.807) is 12.1 Å². The fourth-order valence-electron chi connectivity index (χ4n) is 0.313. The summed E-state index contributed by atoms with van der Waals surface area (Å²) in [6.07, 6.45) is 1.06. The van der Waals surface area contributed by atoms with Crippen molar-refractivity contribution in [3.8, 4) is 12.1 Å². The Bertz CT molecular complexity index is 262. The van der Waals surface area contributed by atoms with Crippen LogP contribution >= 0.6 is 0 Å². The molecular formula is C5H6N6. The fourth-order valence-corrected chi connectivity index (χ4v) is 0.313. The van der Waals surface area contributed by atoms with E-state index in [1.165, 1.54) is 0 Å². The van der Waals surface area contributed by atoms with E-state index in [-0.39, 0.29) is 11.4 Å². The van der Waals surface area contributed by atoms with E-state index in [2.05, 4.69) is 10.4 Å². The number of nitrogens with zero attached hydrogens (tertiary/aromatic N) is 3. The number of nitrogens with one attached hydrogen (secondary N) is 1. The molecule has 0 bridgehead atoms. The first-order valence-electron chi connectivity index (χ1n) is 2.55. The van der Waals surface area contributed by atoms with Crippen LogP contribution in [0.25, 0.3) is 0 Å². The molecule has 0 spiro atoms. The number of hydrogen-bond donors (Lipinski definition) is 3. The Hall–Kier alpha value is -2.05. The van der Waals surface area contributed by atoms with Crippen LogP contribution in [0.5, 0.6) is 0 Å². The molecule has 0 saturated heterocycles. The minimum atomic E-state index is -0.237. The predicted octanol–water partition coefficient (Wildman–Crippen LogP) is -1.30. The molecule has 6 heteroatoms. The third kappa shape index (κ3) is 2.84. The molecule has 0 saturated carbocycles. The topological polar surface area (TPSA) is 124 Å². The smallest absolute Gasteiger partial charge is 0.175 e. The van der Waals surface area contributed by atoms with Gasteiger partial charge in [0.1, 0.15) is 24.2 Å². The molecule has 0 aromatic rings. The second kappa shape index (κ2) is 4.79. The Kier molecular flexibility index (Phi) is 3.90. The summed E-state index contributed by atoms with van der Waals surface area (Å²) >= 11 is 0. The van der Waals surface area contributed by atoms with Crippen LogP contribution in [0.2, 0.25) is 0 Å². The molecule has 0 heterocycles. The van der Waals surface area contributed by atoms with Gasteiger partial charge in [0, 0.05) is 0 Å². The van der Waals surface area contributed by atoms with Crippen LogP contribution in [0.15, 0.2) is 16.4 Å². The van der Waals surface area contributed by atoms with Crippen molar-refractivity contribution in [1.82, 2.24) is 5.43 Å². The molecule has 11 heavy (non-hydrogen) atoms. The van der Waals surface area contributed by atoms with Crippen LogP contribution in [-0.2, 0) is 0 Å². The highest BCUT2D eigenvalue weighted by Gasteiger charge is 1.96. The minimum Gasteiger partial charge on any atom is -0.388 e. The molecule has 0 fully saturated rings. The minimum absolute atomic E-state index is 0.162. The first-order chi connectivity index (χ1) is 5.26. The van der Waals surface area contributed by atoms with Gasteiger partial charge < -0.3 is 11.2 Å². The van der Waals surface area contributed by atoms with E-state index >= 15 is 0 Å². The van der Waals surface area contributed by atoms with Crippen molar-refractivity contribution < 1.29 is 0 Å². The van der Waals surface area contributed by atoms with Gasteiger partial charge in [0.15, 0.2) is 5.70 Å². The molecule has 0 aromatic heterocycles. The van der Waals surface area contributed by atoms with E-state index in [1.807, 2.05) is 0 Å². The number of aliphatic imine (C=N–C) groups is 1. The maximum atomic E-state index is 8.33. The van der Waals surface area contributed by atoms with Gasteiger partial charge in [0.05, 0.1) is 0 Å². The Morgan fingerprint density at radius 2 is 2.09 bits per heavy atom. The summed E-state index contributed by atoms with van der Waals surface area (Å²) < 4.78 is 0. The Labute approximate surface area is 63.4 Å². The molecule has 0 aliphatic carbocycles. The van der Waals surface area contributed by atoms with Crippen molar-refractivity contribution in [1.29, 1.82) is 10.5 Å². The molecule has 5 N–H and O–H groups in total. The summed E-state index contributed by atoms with van der Waals surface area (Å²) in [5.74, 6) is 4.82. The maximum Gasteiger partial charge on any atom is 0.175 e. The van der Waals surface area contributed by atoms with Crippen LogP contribution in [-0.4, -0.2) is 6.34 Å². The average Bonchev–Trinajstić information content (AvgIpc) is 2.05. The lowest BCUT2D eigenvalue weighted by Gasteiger charge is -1.88. The van der Waals surface area contributed by atoms with Crippen molar-refractivity contribution in [2.75, 3.05) is 0 Å². The first kappa shape index (κ1) is 8.95. The summed E-state index contributed by atoms with van der Waals surface area (Å²) in [6.45, 7) is 0. The van der Waals surface area contributed by atoms with E-state index in [9.17, 15) is 0 Å². The van der Waals surface area contributed by atoms with Gasteiger partial charge in [-0.15, -0.1) is 0 Å². The highest BCUT2D eigenvalue weighted by Crippen LogP contribution is 1.95. The zero-order chi connectivity index (χ0) is 8.69. The Balaban J connectivity index is 4.60. The molecule has 6 nitrogen and oxygen atoms in total. The predicted molar refractivity (Wildman–Crippen MR) is 38.3 cm³/mol. The van der Waals surface area contributed by atoms with Crippen LogP contribution in [0, 0.1) is 22.7 Å². The second-order valence-corrected chi connectivity index (χ2v) is 1.41. The van der Waals surface area contributed by atoms with Gasteiger partial charge in [-0.05, 0) is 0 Å². The van der Waals surface area contributed by atoms with E-state index < -0.39 is 0 Å². The molecular weight excluding hydrogens is 144 g/mol. The maximum absolute atomic E-state index is 8.33. The summed E-state index contributed by atoms with van der Waals surface area (Å²) in [5.41, 5.74) is 6.75. The van der Waals surface area contributed by atoms with Crippen molar-refractivity contribution in [3.05, 3.63) is 11.4 Å². The number of nitrogens with two attached hydrogens (primary N) is 2. The highest BCUT2D eigenvalue weighted by atomic mass is 15.2. The van der Waals surface area contributed by atoms with Gasteiger partial charge in [0.2, 0.25) is 0 Å². The van der Waals surface area contributed by atoms with Gasteiger partial charge in [-0.3, -0.25) is 0 Å². The molecule has 0 unspecified atom stereocenters. The van der Waals surface area contributed by atoms with Crippen LogP contribution in [0.1, 0.15) is 0 Å². The number of hydrazine groups is 1. The number of nitriles is 2. The molecule has 0 aliphatic heterocycles. The summed E-state index contributed by atoms with van der Waals surface area (Å²) in [6, 6.07) is 3.20. The summed E-state index contributed by atoms with van der Waals surface area (Å²) in [4.78, 5) is 3.44. The van der Waals surface area contributed by atoms with Crippen molar-refractivity contribution in [2.45, 2.75) is 0 Å². The van der Waals surface area contributed by atoms with Gasteiger partial charge in [-0.25, -0.2) is 10.8 Å². The highest BCUT2D eigenvalue weighted by molar-refractivity contribution is 5.57. The zero-order valence-electron chi connectivity index (χ0n) is 5.57. The monoisotopic (exact) mass is 150 g/mol. The standard InChI is InChI=1S/C5H6N6/c6-1-4(8)5(2-7)10-3-11-9/h3H,8-9H2,(H,10,11).